The van der Waals surface area contributed by atoms with Crippen LogP contribution in [0.25, 0.3) is 0 Å². The van der Waals surface area contributed by atoms with E-state index in [1.54, 1.807) is 42.5 Å². The minimum absolute atomic E-state index is 0.0327. The Hall–Kier alpha value is -3.15. The average molecular weight is 476 g/mol. The normalized spacial score (nSPS) is 14.5. The van der Waals surface area contributed by atoms with Crippen molar-refractivity contribution in [2.75, 3.05) is 26.2 Å². The molecule has 0 aromatic heterocycles. The van der Waals surface area contributed by atoms with E-state index >= 15 is 0 Å². The molecule has 1 amide bonds. The first-order chi connectivity index (χ1) is 16.0. The van der Waals surface area contributed by atoms with Crippen LogP contribution in [0, 0.1) is 0 Å². The summed E-state index contributed by atoms with van der Waals surface area (Å²) in [5, 5.41) is 15.5. The van der Waals surface area contributed by atoms with E-state index in [0.29, 0.717) is 17.9 Å². The molecule has 10 nitrogen and oxygen atoms in total. The predicted molar refractivity (Wildman–Crippen MR) is 124 cm³/mol. The van der Waals surface area contributed by atoms with E-state index in [4.69, 9.17) is 9.94 Å². The molecule has 178 valence electrons. The van der Waals surface area contributed by atoms with Crippen molar-refractivity contribution >= 4 is 21.9 Å². The first-order valence-electron chi connectivity index (χ1n) is 10.7. The second-order valence-corrected chi connectivity index (χ2v) is 9.16. The molecule has 1 aliphatic heterocycles. The maximum absolute atomic E-state index is 12.6. The fourth-order valence-electron chi connectivity index (χ4n) is 3.20. The van der Waals surface area contributed by atoms with E-state index in [-0.39, 0.29) is 11.3 Å². The van der Waals surface area contributed by atoms with E-state index in [1.807, 2.05) is 0 Å². The second kappa shape index (κ2) is 12.2. The number of aliphatic imine (C=N–C) groups is 1. The summed E-state index contributed by atoms with van der Waals surface area (Å²) in [6.07, 6.45) is 1.90. The first kappa shape index (κ1) is 24.5. The van der Waals surface area contributed by atoms with Gasteiger partial charge in [-0.2, -0.15) is 4.72 Å². The summed E-state index contributed by atoms with van der Waals surface area (Å²) < 4.78 is 33.2. The first-order valence-corrected chi connectivity index (χ1v) is 12.2. The predicted octanol–water partition coefficient (Wildman–Crippen LogP) is 0.789. The molecule has 0 saturated heterocycles. The molecule has 1 atom stereocenters. The highest BCUT2D eigenvalue weighted by molar-refractivity contribution is 7.89. The molecule has 0 unspecified atom stereocenters. The molecule has 1 aliphatic rings. The number of nitrogens with one attached hydrogen (secondary N) is 4. The molecule has 33 heavy (non-hydrogen) atoms. The number of rotatable bonds is 11. The molecule has 0 radical (unpaired) electrons. The van der Waals surface area contributed by atoms with Crippen molar-refractivity contribution in [2.24, 2.45) is 4.99 Å². The third kappa shape index (κ3) is 7.74. The number of hydrogen-bond acceptors (Lipinski definition) is 8. The van der Waals surface area contributed by atoms with Crippen LogP contribution < -0.4 is 25.6 Å². The average Bonchev–Trinajstić information content (AvgIpc) is 2.85. The van der Waals surface area contributed by atoms with Crippen molar-refractivity contribution < 1.29 is 23.2 Å². The van der Waals surface area contributed by atoms with Crippen molar-refractivity contribution in [3.63, 3.8) is 0 Å². The third-order valence-electron chi connectivity index (χ3n) is 4.92. The summed E-state index contributed by atoms with van der Waals surface area (Å²) in [5.41, 5.74) is 2.23. The van der Waals surface area contributed by atoms with Crippen molar-refractivity contribution in [3.05, 3.63) is 60.2 Å². The monoisotopic (exact) mass is 475 g/mol. The summed E-state index contributed by atoms with van der Waals surface area (Å²) in [5.74, 6) is 0.647. The lowest BCUT2D eigenvalue weighted by molar-refractivity contribution is -0.130. The van der Waals surface area contributed by atoms with E-state index in [2.05, 4.69) is 20.3 Å². The number of benzene rings is 2. The van der Waals surface area contributed by atoms with Crippen LogP contribution in [0.1, 0.15) is 18.4 Å². The topological polar surface area (TPSA) is 141 Å². The lowest BCUT2D eigenvalue weighted by atomic mass is 10.1. The number of carbonyl (C=O) groups excluding carboxylic acids is 1. The molecule has 2 aromatic rings. The Kier molecular flexibility index (Phi) is 9.04. The Bertz CT molecular complexity index is 1030. The largest absolute Gasteiger partial charge is 0.494 e. The number of hydroxylamine groups is 1. The SMILES string of the molecule is O=C(NO)[C@H](Cc1ccc(OCCCNC2=NCCCN2)cc1)NS(=O)(=O)c1ccccc1. The Morgan fingerprint density at radius 1 is 1.15 bits per heavy atom. The van der Waals surface area contributed by atoms with Gasteiger partial charge >= 0.3 is 0 Å². The van der Waals surface area contributed by atoms with Gasteiger partial charge in [0.1, 0.15) is 11.8 Å². The minimum atomic E-state index is -3.93. The zero-order valence-electron chi connectivity index (χ0n) is 18.2. The summed E-state index contributed by atoms with van der Waals surface area (Å²) in [6.45, 7) is 3.03. The van der Waals surface area contributed by atoms with Crippen LogP contribution in [0.5, 0.6) is 5.75 Å². The van der Waals surface area contributed by atoms with Crippen molar-refractivity contribution in [3.8, 4) is 5.75 Å². The summed E-state index contributed by atoms with van der Waals surface area (Å²) in [4.78, 5) is 16.5. The quantitative estimate of drug-likeness (QED) is 0.184. The number of guanidine groups is 1. The van der Waals surface area contributed by atoms with Gasteiger partial charge in [0.15, 0.2) is 5.96 Å². The Balaban J connectivity index is 1.50. The van der Waals surface area contributed by atoms with Gasteiger partial charge in [0, 0.05) is 19.6 Å². The lowest BCUT2D eigenvalue weighted by Crippen LogP contribution is -2.47. The van der Waals surface area contributed by atoms with Gasteiger partial charge in [0.25, 0.3) is 5.91 Å². The lowest BCUT2D eigenvalue weighted by Gasteiger charge is -2.17. The number of amides is 1. The summed E-state index contributed by atoms with van der Waals surface area (Å²) in [7, 11) is -3.93. The van der Waals surface area contributed by atoms with Crippen LogP contribution in [0.3, 0.4) is 0 Å². The van der Waals surface area contributed by atoms with Crippen molar-refractivity contribution in [1.29, 1.82) is 0 Å². The Morgan fingerprint density at radius 2 is 1.91 bits per heavy atom. The maximum Gasteiger partial charge on any atom is 0.261 e. The number of carbonyl (C=O) groups is 1. The standard InChI is InChI=1S/C22H29N5O5S/c28-21(26-29)20(27-33(30,31)19-6-2-1-3-7-19)16-17-8-10-18(11-9-17)32-15-5-14-25-22-23-12-4-13-24-22/h1-3,6-11,20,27,29H,4-5,12-16H2,(H,26,28)(H2,23,24,25)/t20-/m0/s1. The van der Waals surface area contributed by atoms with Gasteiger partial charge in [-0.3, -0.25) is 15.0 Å². The smallest absolute Gasteiger partial charge is 0.261 e. The van der Waals surface area contributed by atoms with Gasteiger partial charge in [-0.1, -0.05) is 30.3 Å². The van der Waals surface area contributed by atoms with Crippen LogP contribution in [0.4, 0.5) is 0 Å². The zero-order valence-corrected chi connectivity index (χ0v) is 19.0. The number of ether oxygens (including phenoxy) is 1. The third-order valence-corrected chi connectivity index (χ3v) is 6.41. The molecule has 2 aromatic carbocycles. The Morgan fingerprint density at radius 3 is 2.58 bits per heavy atom. The molecule has 0 saturated carbocycles. The van der Waals surface area contributed by atoms with E-state index in [0.717, 1.165) is 38.4 Å². The fourth-order valence-corrected chi connectivity index (χ4v) is 4.41. The molecule has 0 bridgehead atoms. The number of sulfonamides is 1. The van der Waals surface area contributed by atoms with Gasteiger partial charge in [-0.05, 0) is 49.1 Å². The highest BCUT2D eigenvalue weighted by atomic mass is 32.2. The summed E-state index contributed by atoms with van der Waals surface area (Å²) >= 11 is 0. The van der Waals surface area contributed by atoms with E-state index in [1.165, 1.54) is 17.6 Å². The zero-order chi connectivity index (χ0) is 23.5. The number of nitrogens with zero attached hydrogens (tertiary/aromatic N) is 1. The van der Waals surface area contributed by atoms with Crippen LogP contribution in [0.2, 0.25) is 0 Å². The van der Waals surface area contributed by atoms with Crippen molar-refractivity contribution in [2.45, 2.75) is 30.2 Å². The number of hydrogen-bond donors (Lipinski definition) is 5. The van der Waals surface area contributed by atoms with Crippen molar-refractivity contribution in [1.82, 2.24) is 20.8 Å². The second-order valence-electron chi connectivity index (χ2n) is 7.45. The molecule has 0 fully saturated rings. The van der Waals surface area contributed by atoms with E-state index < -0.39 is 22.0 Å². The maximum atomic E-state index is 12.6. The van der Waals surface area contributed by atoms with E-state index in [9.17, 15) is 13.2 Å². The van der Waals surface area contributed by atoms with Gasteiger partial charge < -0.3 is 15.4 Å². The van der Waals surface area contributed by atoms with Gasteiger partial charge in [-0.15, -0.1) is 0 Å². The molecule has 0 spiro atoms. The molecule has 11 heteroatoms. The van der Waals surface area contributed by atoms with Crippen LogP contribution >= 0.6 is 0 Å². The Labute approximate surface area is 193 Å². The highest BCUT2D eigenvalue weighted by Gasteiger charge is 2.25. The van der Waals surface area contributed by atoms with Gasteiger partial charge in [0.05, 0.1) is 11.5 Å². The highest BCUT2D eigenvalue weighted by Crippen LogP contribution is 2.15. The van der Waals surface area contributed by atoms with Crippen LogP contribution in [-0.2, 0) is 21.2 Å². The molecular weight excluding hydrogens is 446 g/mol. The molecule has 1 heterocycles. The molecule has 5 N–H and O–H groups in total. The van der Waals surface area contributed by atoms with Gasteiger partial charge in [-0.25, -0.2) is 13.9 Å². The minimum Gasteiger partial charge on any atom is -0.494 e. The van der Waals surface area contributed by atoms with Gasteiger partial charge in [0.2, 0.25) is 10.0 Å². The fraction of sp³-hybridized carbons (Fsp3) is 0.364. The summed E-state index contributed by atoms with van der Waals surface area (Å²) in [6, 6.07) is 13.6. The van der Waals surface area contributed by atoms with Crippen LogP contribution in [-0.4, -0.2) is 57.8 Å². The molecular formula is C22H29N5O5S. The molecule has 0 aliphatic carbocycles. The molecule has 3 rings (SSSR count). The van der Waals surface area contributed by atoms with Crippen LogP contribution in [0.15, 0.2) is 64.5 Å².